The summed E-state index contributed by atoms with van der Waals surface area (Å²) < 4.78 is 19.2. The van der Waals surface area contributed by atoms with Gasteiger partial charge in [0.15, 0.2) is 0 Å². The fourth-order valence-electron chi connectivity index (χ4n) is 2.62. The van der Waals surface area contributed by atoms with Crippen LogP contribution in [0.1, 0.15) is 54.9 Å². The van der Waals surface area contributed by atoms with Crippen LogP contribution in [0.4, 0.5) is 4.39 Å². The van der Waals surface area contributed by atoms with E-state index in [0.717, 1.165) is 25.9 Å². The number of piperidine rings is 1. The van der Waals surface area contributed by atoms with E-state index in [0.29, 0.717) is 16.9 Å². The molecule has 0 bridgehead atoms. The number of halogens is 1. The van der Waals surface area contributed by atoms with Crippen LogP contribution >= 0.6 is 0 Å². The Morgan fingerprint density at radius 2 is 1.90 bits per heavy atom. The first-order chi connectivity index (χ1) is 9.54. The van der Waals surface area contributed by atoms with Crippen LogP contribution in [-0.2, 0) is 0 Å². The van der Waals surface area contributed by atoms with Gasteiger partial charge in [-0.3, -0.25) is 4.79 Å². The summed E-state index contributed by atoms with van der Waals surface area (Å²) in [5.41, 5.74) is 1.03. The first kappa shape index (κ1) is 14.8. The molecule has 0 N–H and O–H groups in total. The van der Waals surface area contributed by atoms with Crippen LogP contribution in [0.25, 0.3) is 0 Å². The Morgan fingerprint density at radius 1 is 1.25 bits per heavy atom. The van der Waals surface area contributed by atoms with E-state index in [1.54, 1.807) is 6.07 Å². The molecule has 0 aliphatic carbocycles. The highest BCUT2D eigenvalue weighted by molar-refractivity contribution is 5.97. The van der Waals surface area contributed by atoms with Gasteiger partial charge in [-0.15, -0.1) is 0 Å². The Bertz CT molecular complexity index is 493. The second kappa shape index (κ2) is 6.25. The predicted octanol–water partition coefficient (Wildman–Crippen LogP) is 3.58. The van der Waals surface area contributed by atoms with Gasteiger partial charge in [0, 0.05) is 19.2 Å². The monoisotopic (exact) mass is 279 g/mol. The molecule has 0 unspecified atom stereocenters. The Labute approximate surface area is 119 Å². The van der Waals surface area contributed by atoms with Gasteiger partial charge in [0.1, 0.15) is 11.6 Å². The zero-order chi connectivity index (χ0) is 14.7. The van der Waals surface area contributed by atoms with E-state index < -0.39 is 0 Å². The topological polar surface area (TPSA) is 29.5 Å². The molecule has 1 amide bonds. The third kappa shape index (κ3) is 2.94. The molecule has 0 spiro atoms. The van der Waals surface area contributed by atoms with E-state index in [1.807, 2.05) is 18.7 Å². The van der Waals surface area contributed by atoms with Crippen molar-refractivity contribution in [3.05, 3.63) is 29.1 Å². The standard InChI is InChI=1S/C16H22FNO2/c1-11(2)12-9-13(15(20-3)10-14(12)17)16(19)18-7-5-4-6-8-18/h9-11H,4-8H2,1-3H3. The Balaban J connectivity index is 2.37. The number of benzene rings is 1. The molecule has 0 saturated carbocycles. The fourth-order valence-corrected chi connectivity index (χ4v) is 2.62. The van der Waals surface area contributed by atoms with Crippen LogP contribution in [0.3, 0.4) is 0 Å². The highest BCUT2D eigenvalue weighted by atomic mass is 19.1. The van der Waals surface area contributed by atoms with Crippen molar-refractivity contribution in [3.63, 3.8) is 0 Å². The van der Waals surface area contributed by atoms with Crippen LogP contribution in [-0.4, -0.2) is 31.0 Å². The van der Waals surface area contributed by atoms with Gasteiger partial charge < -0.3 is 9.64 Å². The van der Waals surface area contributed by atoms with E-state index in [4.69, 9.17) is 4.74 Å². The summed E-state index contributed by atoms with van der Waals surface area (Å²) in [5.74, 6) is -0.00761. The third-order valence-corrected chi connectivity index (χ3v) is 3.81. The lowest BCUT2D eigenvalue weighted by molar-refractivity contribution is 0.0720. The molecule has 4 heteroatoms. The van der Waals surface area contributed by atoms with Crippen LogP contribution in [0, 0.1) is 5.82 Å². The number of ether oxygens (including phenoxy) is 1. The Kier molecular flexibility index (Phi) is 4.63. The Hall–Kier alpha value is -1.58. The lowest BCUT2D eigenvalue weighted by atomic mass is 9.98. The molecule has 0 atom stereocenters. The van der Waals surface area contributed by atoms with Gasteiger partial charge in [0.25, 0.3) is 5.91 Å². The summed E-state index contributed by atoms with van der Waals surface area (Å²) >= 11 is 0. The summed E-state index contributed by atoms with van der Waals surface area (Å²) in [6.45, 7) is 5.38. The SMILES string of the molecule is COc1cc(F)c(C(C)C)cc1C(=O)N1CCCCC1. The van der Waals surface area contributed by atoms with E-state index in [-0.39, 0.29) is 17.6 Å². The largest absolute Gasteiger partial charge is 0.496 e. The molecule has 20 heavy (non-hydrogen) atoms. The molecule has 1 aromatic rings. The number of carbonyl (C=O) groups is 1. The highest BCUT2D eigenvalue weighted by Crippen LogP contribution is 2.29. The molecule has 1 saturated heterocycles. The minimum atomic E-state index is -0.313. The molecule has 1 aromatic carbocycles. The van der Waals surface area contributed by atoms with Crippen molar-refractivity contribution in [1.29, 1.82) is 0 Å². The van der Waals surface area contributed by atoms with Crippen molar-refractivity contribution >= 4 is 5.91 Å². The maximum Gasteiger partial charge on any atom is 0.257 e. The van der Waals surface area contributed by atoms with Gasteiger partial charge in [-0.25, -0.2) is 4.39 Å². The summed E-state index contributed by atoms with van der Waals surface area (Å²) in [6.07, 6.45) is 3.24. The molecular weight excluding hydrogens is 257 g/mol. The Morgan fingerprint density at radius 3 is 2.45 bits per heavy atom. The van der Waals surface area contributed by atoms with Crippen LogP contribution in [0.15, 0.2) is 12.1 Å². The predicted molar refractivity (Wildman–Crippen MR) is 76.8 cm³/mol. The number of hydrogen-bond donors (Lipinski definition) is 0. The van der Waals surface area contributed by atoms with E-state index >= 15 is 0 Å². The fraction of sp³-hybridized carbons (Fsp3) is 0.562. The number of nitrogens with zero attached hydrogens (tertiary/aromatic N) is 1. The van der Waals surface area contributed by atoms with Crippen LogP contribution in [0.5, 0.6) is 5.75 Å². The molecule has 3 nitrogen and oxygen atoms in total. The zero-order valence-corrected chi connectivity index (χ0v) is 12.4. The first-order valence-corrected chi connectivity index (χ1v) is 7.21. The average molecular weight is 279 g/mol. The molecule has 1 aliphatic rings. The minimum Gasteiger partial charge on any atom is -0.496 e. The number of carbonyl (C=O) groups excluding carboxylic acids is 1. The van der Waals surface area contributed by atoms with Gasteiger partial charge in [0.05, 0.1) is 12.7 Å². The molecule has 1 heterocycles. The molecule has 0 radical (unpaired) electrons. The molecule has 2 rings (SSSR count). The molecule has 110 valence electrons. The summed E-state index contributed by atoms with van der Waals surface area (Å²) in [7, 11) is 1.47. The molecule has 1 aliphatic heterocycles. The molecular formula is C16H22FNO2. The van der Waals surface area contributed by atoms with Crippen molar-refractivity contribution < 1.29 is 13.9 Å². The van der Waals surface area contributed by atoms with Crippen molar-refractivity contribution in [1.82, 2.24) is 4.90 Å². The third-order valence-electron chi connectivity index (χ3n) is 3.81. The van der Waals surface area contributed by atoms with Gasteiger partial charge in [-0.05, 0) is 36.8 Å². The van der Waals surface area contributed by atoms with Gasteiger partial charge >= 0.3 is 0 Å². The van der Waals surface area contributed by atoms with Gasteiger partial charge in [-0.2, -0.15) is 0 Å². The maximum atomic E-state index is 14.0. The maximum absolute atomic E-state index is 14.0. The second-order valence-electron chi connectivity index (χ2n) is 5.58. The first-order valence-electron chi connectivity index (χ1n) is 7.21. The normalized spacial score (nSPS) is 15.6. The van der Waals surface area contributed by atoms with Crippen molar-refractivity contribution in [2.24, 2.45) is 0 Å². The van der Waals surface area contributed by atoms with E-state index in [1.165, 1.54) is 19.6 Å². The van der Waals surface area contributed by atoms with Crippen LogP contribution < -0.4 is 4.74 Å². The lowest BCUT2D eigenvalue weighted by Gasteiger charge is -2.27. The number of rotatable bonds is 3. The summed E-state index contributed by atoms with van der Waals surface area (Å²) in [6, 6.07) is 2.97. The van der Waals surface area contributed by atoms with Crippen LogP contribution in [0.2, 0.25) is 0 Å². The highest BCUT2D eigenvalue weighted by Gasteiger charge is 2.23. The number of hydrogen-bond acceptors (Lipinski definition) is 2. The second-order valence-corrected chi connectivity index (χ2v) is 5.58. The molecule has 1 fully saturated rings. The molecule has 0 aromatic heterocycles. The number of methoxy groups -OCH3 is 1. The average Bonchev–Trinajstić information content (AvgIpc) is 2.46. The lowest BCUT2D eigenvalue weighted by Crippen LogP contribution is -2.35. The smallest absolute Gasteiger partial charge is 0.257 e. The van der Waals surface area contributed by atoms with Gasteiger partial charge in [0.2, 0.25) is 0 Å². The number of amides is 1. The van der Waals surface area contributed by atoms with E-state index in [2.05, 4.69) is 0 Å². The summed E-state index contributed by atoms with van der Waals surface area (Å²) in [5, 5.41) is 0. The van der Waals surface area contributed by atoms with Crippen molar-refractivity contribution in [2.45, 2.75) is 39.0 Å². The van der Waals surface area contributed by atoms with Crippen molar-refractivity contribution in [2.75, 3.05) is 20.2 Å². The van der Waals surface area contributed by atoms with Crippen molar-refractivity contribution in [3.8, 4) is 5.75 Å². The van der Waals surface area contributed by atoms with Gasteiger partial charge in [-0.1, -0.05) is 13.8 Å². The number of likely N-dealkylation sites (tertiary alicyclic amines) is 1. The zero-order valence-electron chi connectivity index (χ0n) is 12.4. The minimum absolute atomic E-state index is 0.0359. The quantitative estimate of drug-likeness (QED) is 0.846. The van der Waals surface area contributed by atoms with E-state index in [9.17, 15) is 9.18 Å². The summed E-state index contributed by atoms with van der Waals surface area (Å²) in [4.78, 5) is 14.4.